The van der Waals surface area contributed by atoms with Crippen LogP contribution in [0.25, 0.3) is 0 Å². The first kappa shape index (κ1) is 19.4. The van der Waals surface area contributed by atoms with E-state index in [4.69, 9.17) is 4.42 Å². The zero-order valence-electron chi connectivity index (χ0n) is 16.4. The molecule has 3 aromatic rings. The molecule has 0 bridgehead atoms. The van der Waals surface area contributed by atoms with Crippen molar-refractivity contribution in [1.82, 2.24) is 5.32 Å². The molecule has 1 heterocycles. The Morgan fingerprint density at radius 3 is 2.40 bits per heavy atom. The van der Waals surface area contributed by atoms with E-state index >= 15 is 0 Å². The third-order valence-electron chi connectivity index (χ3n) is 4.79. The molecule has 30 heavy (non-hydrogen) atoms. The van der Waals surface area contributed by atoms with Crippen LogP contribution in [0.15, 0.2) is 65.3 Å². The van der Waals surface area contributed by atoms with Crippen molar-refractivity contribution in [1.29, 1.82) is 0 Å². The summed E-state index contributed by atoms with van der Waals surface area (Å²) in [5, 5.41) is 8.48. The van der Waals surface area contributed by atoms with Crippen molar-refractivity contribution in [3.8, 4) is 0 Å². The Balaban J connectivity index is 1.47. The molecule has 3 N–H and O–H groups in total. The van der Waals surface area contributed by atoms with E-state index in [0.29, 0.717) is 22.5 Å². The zero-order chi connectivity index (χ0) is 21.1. The second-order valence-electron chi connectivity index (χ2n) is 7.24. The summed E-state index contributed by atoms with van der Waals surface area (Å²) < 4.78 is 5.10. The van der Waals surface area contributed by atoms with Crippen LogP contribution in [0.4, 0.5) is 11.4 Å². The zero-order valence-corrected chi connectivity index (χ0v) is 16.4. The van der Waals surface area contributed by atoms with E-state index in [-0.39, 0.29) is 23.6 Å². The Morgan fingerprint density at radius 2 is 1.67 bits per heavy atom. The fraction of sp³-hybridized carbons (Fsp3) is 0.174. The van der Waals surface area contributed by atoms with Gasteiger partial charge in [0.05, 0.1) is 6.26 Å². The molecule has 0 spiro atoms. The molecule has 1 aliphatic rings. The molecule has 7 heteroatoms. The summed E-state index contributed by atoms with van der Waals surface area (Å²) in [7, 11) is 0. The van der Waals surface area contributed by atoms with E-state index in [9.17, 15) is 14.4 Å². The maximum Gasteiger partial charge on any atom is 0.291 e. The van der Waals surface area contributed by atoms with Gasteiger partial charge >= 0.3 is 0 Å². The van der Waals surface area contributed by atoms with E-state index < -0.39 is 5.91 Å². The maximum absolute atomic E-state index is 12.7. The molecular weight excluding hydrogens is 382 g/mol. The fourth-order valence-corrected chi connectivity index (χ4v) is 2.93. The van der Waals surface area contributed by atoms with Crippen molar-refractivity contribution >= 4 is 29.1 Å². The number of anilines is 2. The van der Waals surface area contributed by atoms with Crippen LogP contribution in [0.3, 0.4) is 0 Å². The van der Waals surface area contributed by atoms with Gasteiger partial charge in [0, 0.05) is 28.5 Å². The van der Waals surface area contributed by atoms with Gasteiger partial charge in [-0.2, -0.15) is 0 Å². The first-order valence-corrected chi connectivity index (χ1v) is 9.67. The number of hydrogen-bond donors (Lipinski definition) is 3. The van der Waals surface area contributed by atoms with Gasteiger partial charge in [-0.1, -0.05) is 12.1 Å². The van der Waals surface area contributed by atoms with Crippen LogP contribution >= 0.6 is 0 Å². The van der Waals surface area contributed by atoms with Gasteiger partial charge in [0.25, 0.3) is 17.7 Å². The molecular formula is C23H21N3O4. The quantitative estimate of drug-likeness (QED) is 0.579. The van der Waals surface area contributed by atoms with Crippen molar-refractivity contribution in [3.63, 3.8) is 0 Å². The van der Waals surface area contributed by atoms with Crippen LogP contribution in [0.2, 0.25) is 0 Å². The molecule has 0 radical (unpaired) electrons. The maximum atomic E-state index is 12.7. The number of aryl methyl sites for hydroxylation is 1. The lowest BCUT2D eigenvalue weighted by Gasteiger charge is -2.11. The van der Waals surface area contributed by atoms with E-state index in [1.54, 1.807) is 54.6 Å². The van der Waals surface area contributed by atoms with E-state index in [1.165, 1.54) is 6.26 Å². The second kappa shape index (κ2) is 8.24. The summed E-state index contributed by atoms with van der Waals surface area (Å²) in [5.74, 6) is -0.698. The third kappa shape index (κ3) is 4.57. The fourth-order valence-electron chi connectivity index (χ4n) is 2.93. The third-order valence-corrected chi connectivity index (χ3v) is 4.79. The van der Waals surface area contributed by atoms with Gasteiger partial charge in [-0.25, -0.2) is 0 Å². The minimum atomic E-state index is -0.393. The Morgan fingerprint density at radius 1 is 0.867 bits per heavy atom. The molecule has 3 amide bonds. The number of benzene rings is 2. The Bertz CT molecular complexity index is 1100. The first-order chi connectivity index (χ1) is 14.5. The van der Waals surface area contributed by atoms with Gasteiger partial charge in [-0.3, -0.25) is 14.4 Å². The van der Waals surface area contributed by atoms with Crippen LogP contribution in [-0.2, 0) is 0 Å². The number of nitrogens with one attached hydrogen (secondary N) is 3. The Hall–Kier alpha value is -3.87. The molecule has 0 atom stereocenters. The lowest BCUT2D eigenvalue weighted by Crippen LogP contribution is -2.25. The van der Waals surface area contributed by atoms with Crippen LogP contribution < -0.4 is 16.0 Å². The molecule has 2 aromatic carbocycles. The molecule has 1 aromatic heterocycles. The number of rotatable bonds is 6. The van der Waals surface area contributed by atoms with Crippen molar-refractivity contribution in [2.24, 2.45) is 0 Å². The smallest absolute Gasteiger partial charge is 0.291 e. The number of carbonyl (C=O) groups excluding carboxylic acids is 3. The predicted molar refractivity (Wildman–Crippen MR) is 113 cm³/mol. The predicted octanol–water partition coefficient (Wildman–Crippen LogP) is 3.98. The molecule has 0 unspecified atom stereocenters. The van der Waals surface area contributed by atoms with Crippen molar-refractivity contribution in [2.45, 2.75) is 25.8 Å². The van der Waals surface area contributed by atoms with Gasteiger partial charge in [-0.05, 0) is 67.8 Å². The molecule has 0 aliphatic heterocycles. The average Bonchev–Trinajstić information content (AvgIpc) is 3.37. The highest BCUT2D eigenvalue weighted by molar-refractivity contribution is 6.07. The second-order valence-corrected chi connectivity index (χ2v) is 7.24. The highest BCUT2D eigenvalue weighted by Gasteiger charge is 2.24. The molecule has 4 rings (SSSR count). The summed E-state index contributed by atoms with van der Waals surface area (Å²) in [5.41, 5.74) is 2.72. The molecule has 7 nitrogen and oxygen atoms in total. The van der Waals surface area contributed by atoms with E-state index in [2.05, 4.69) is 16.0 Å². The van der Waals surface area contributed by atoms with Crippen LogP contribution in [0.5, 0.6) is 0 Å². The normalized spacial score (nSPS) is 12.8. The lowest BCUT2D eigenvalue weighted by atomic mass is 10.1. The Labute approximate surface area is 173 Å². The lowest BCUT2D eigenvalue weighted by molar-refractivity contribution is 0.0948. The van der Waals surface area contributed by atoms with Gasteiger partial charge in [-0.15, -0.1) is 0 Å². The monoisotopic (exact) mass is 403 g/mol. The molecule has 0 saturated heterocycles. The average molecular weight is 403 g/mol. The summed E-state index contributed by atoms with van der Waals surface area (Å²) in [4.78, 5) is 37.2. The number of carbonyl (C=O) groups is 3. The highest BCUT2D eigenvalue weighted by Crippen LogP contribution is 2.21. The number of hydrogen-bond acceptors (Lipinski definition) is 4. The molecule has 1 saturated carbocycles. The van der Waals surface area contributed by atoms with E-state index in [0.717, 1.165) is 18.4 Å². The molecule has 152 valence electrons. The van der Waals surface area contributed by atoms with E-state index in [1.807, 2.05) is 6.92 Å². The number of furan rings is 1. The van der Waals surface area contributed by atoms with Gasteiger partial charge in [0.1, 0.15) is 0 Å². The largest absolute Gasteiger partial charge is 0.459 e. The molecule has 1 fully saturated rings. The van der Waals surface area contributed by atoms with Crippen LogP contribution in [0.1, 0.15) is 49.7 Å². The standard InChI is InChI=1S/C23H21N3O4/c1-14-7-8-16(13-19(14)26-23(29)20-6-3-11-30-20)22(28)25-18-5-2-4-15(12-18)21(27)24-17-9-10-17/h2-8,11-13,17H,9-10H2,1H3,(H,24,27)(H,25,28)(H,26,29). The summed E-state index contributed by atoms with van der Waals surface area (Å²) in [6.07, 6.45) is 3.44. The van der Waals surface area contributed by atoms with Gasteiger partial charge in [0.2, 0.25) is 0 Å². The van der Waals surface area contributed by atoms with Crippen LogP contribution in [0, 0.1) is 6.92 Å². The van der Waals surface area contributed by atoms with Crippen molar-refractivity contribution < 1.29 is 18.8 Å². The summed E-state index contributed by atoms with van der Waals surface area (Å²) in [6.45, 7) is 1.83. The van der Waals surface area contributed by atoms with Gasteiger partial charge in [0.15, 0.2) is 5.76 Å². The first-order valence-electron chi connectivity index (χ1n) is 9.67. The highest BCUT2D eigenvalue weighted by atomic mass is 16.3. The van der Waals surface area contributed by atoms with Gasteiger partial charge < -0.3 is 20.4 Å². The minimum absolute atomic E-state index is 0.146. The Kier molecular flexibility index (Phi) is 5.34. The summed E-state index contributed by atoms with van der Waals surface area (Å²) in [6, 6.07) is 15.3. The van der Waals surface area contributed by atoms with Crippen LogP contribution in [-0.4, -0.2) is 23.8 Å². The van der Waals surface area contributed by atoms with Crippen molar-refractivity contribution in [2.75, 3.05) is 10.6 Å². The SMILES string of the molecule is Cc1ccc(C(=O)Nc2cccc(C(=O)NC3CC3)c2)cc1NC(=O)c1ccco1. The minimum Gasteiger partial charge on any atom is -0.459 e. The van der Waals surface area contributed by atoms with Crippen molar-refractivity contribution in [3.05, 3.63) is 83.3 Å². The number of amides is 3. The topological polar surface area (TPSA) is 100 Å². The summed E-state index contributed by atoms with van der Waals surface area (Å²) >= 11 is 0. The molecule has 1 aliphatic carbocycles.